The third kappa shape index (κ3) is 6.73. The third-order valence-electron chi connectivity index (χ3n) is 4.12. The highest BCUT2D eigenvalue weighted by Crippen LogP contribution is 2.27. The van der Waals surface area contributed by atoms with E-state index in [1.807, 2.05) is 6.92 Å². The minimum Gasteiger partial charge on any atom is -0.406 e. The average Bonchev–Trinajstić information content (AvgIpc) is 2.65. The SMILES string of the molecule is CCCC[C@H](N)C(=O)N(Cl)Cc1ccc(-c2ccc(OC(F)(F)F)cc2)cc1. The lowest BCUT2D eigenvalue weighted by atomic mass is 10.0. The molecule has 152 valence electrons. The molecule has 2 rings (SSSR count). The van der Waals surface area contributed by atoms with Crippen molar-refractivity contribution in [3.63, 3.8) is 0 Å². The summed E-state index contributed by atoms with van der Waals surface area (Å²) in [7, 11) is 0. The molecule has 8 heteroatoms. The Balaban J connectivity index is 1.98. The average molecular weight is 415 g/mol. The van der Waals surface area contributed by atoms with Crippen LogP contribution in [0.1, 0.15) is 31.7 Å². The van der Waals surface area contributed by atoms with Gasteiger partial charge >= 0.3 is 6.36 Å². The topological polar surface area (TPSA) is 55.6 Å². The zero-order valence-electron chi connectivity index (χ0n) is 15.4. The van der Waals surface area contributed by atoms with Crippen LogP contribution in [-0.2, 0) is 11.3 Å². The standard InChI is InChI=1S/C20H22ClF3N2O2/c1-2-3-4-18(25)19(27)26(21)13-14-5-7-15(8-6-14)16-9-11-17(12-10-16)28-20(22,23)24/h5-12,18H,2-4,13,25H2,1H3/t18-/m0/s1. The number of carbonyl (C=O) groups excluding carboxylic acids is 1. The normalized spacial score (nSPS) is 12.5. The number of amides is 1. The second-order valence-corrected chi connectivity index (χ2v) is 6.78. The number of hydrogen-bond acceptors (Lipinski definition) is 3. The van der Waals surface area contributed by atoms with Gasteiger partial charge in [-0.1, -0.05) is 56.2 Å². The number of hydrogen-bond donors (Lipinski definition) is 1. The Labute approximate surface area is 167 Å². The quantitative estimate of drug-likeness (QED) is 0.600. The molecular weight excluding hydrogens is 393 g/mol. The first-order valence-electron chi connectivity index (χ1n) is 8.87. The van der Waals surface area contributed by atoms with Crippen LogP contribution in [0.25, 0.3) is 11.1 Å². The molecule has 0 aliphatic heterocycles. The van der Waals surface area contributed by atoms with Crippen LogP contribution >= 0.6 is 11.8 Å². The van der Waals surface area contributed by atoms with Gasteiger partial charge < -0.3 is 10.5 Å². The number of ether oxygens (including phenoxy) is 1. The fourth-order valence-corrected chi connectivity index (χ4v) is 2.88. The zero-order valence-corrected chi connectivity index (χ0v) is 16.1. The molecule has 1 amide bonds. The van der Waals surface area contributed by atoms with Gasteiger partial charge in [-0.15, -0.1) is 13.2 Å². The summed E-state index contributed by atoms with van der Waals surface area (Å²) in [5.41, 5.74) is 8.22. The van der Waals surface area contributed by atoms with Crippen molar-refractivity contribution in [3.8, 4) is 16.9 Å². The van der Waals surface area contributed by atoms with Crippen LogP contribution in [-0.4, -0.2) is 22.7 Å². The van der Waals surface area contributed by atoms with Gasteiger partial charge in [-0.3, -0.25) is 4.79 Å². The summed E-state index contributed by atoms with van der Waals surface area (Å²) < 4.78 is 41.6. The predicted molar refractivity (Wildman–Crippen MR) is 102 cm³/mol. The number of nitrogens with two attached hydrogens (primary N) is 1. The lowest BCUT2D eigenvalue weighted by molar-refractivity contribution is -0.274. The fourth-order valence-electron chi connectivity index (χ4n) is 2.62. The summed E-state index contributed by atoms with van der Waals surface area (Å²) in [6.07, 6.45) is -2.31. The van der Waals surface area contributed by atoms with E-state index in [1.54, 1.807) is 36.4 Å². The Kier molecular flexibility index (Phi) is 7.71. The van der Waals surface area contributed by atoms with E-state index in [2.05, 4.69) is 4.74 Å². The summed E-state index contributed by atoms with van der Waals surface area (Å²) in [5.74, 6) is -0.594. The predicted octanol–water partition coefficient (Wildman–Crippen LogP) is 5.25. The molecule has 0 saturated carbocycles. The molecule has 2 aromatic carbocycles. The van der Waals surface area contributed by atoms with Crippen molar-refractivity contribution in [1.29, 1.82) is 0 Å². The summed E-state index contributed by atoms with van der Waals surface area (Å²) in [4.78, 5) is 12.1. The van der Waals surface area contributed by atoms with Crippen LogP contribution in [0.4, 0.5) is 13.2 Å². The van der Waals surface area contributed by atoms with E-state index in [0.29, 0.717) is 6.42 Å². The smallest absolute Gasteiger partial charge is 0.406 e. The highest BCUT2D eigenvalue weighted by molar-refractivity contribution is 6.21. The molecule has 0 fully saturated rings. The van der Waals surface area contributed by atoms with E-state index in [-0.39, 0.29) is 18.2 Å². The molecule has 28 heavy (non-hydrogen) atoms. The van der Waals surface area contributed by atoms with Crippen molar-refractivity contribution in [3.05, 3.63) is 54.1 Å². The van der Waals surface area contributed by atoms with Crippen molar-refractivity contribution in [2.75, 3.05) is 0 Å². The van der Waals surface area contributed by atoms with E-state index in [1.165, 1.54) is 12.1 Å². The summed E-state index contributed by atoms with van der Waals surface area (Å²) in [6, 6.07) is 12.2. The number of alkyl halides is 3. The molecule has 0 saturated heterocycles. The van der Waals surface area contributed by atoms with Gasteiger partial charge in [0, 0.05) is 11.8 Å². The van der Waals surface area contributed by atoms with Gasteiger partial charge in [0.2, 0.25) is 0 Å². The molecule has 2 N–H and O–H groups in total. The van der Waals surface area contributed by atoms with Crippen LogP contribution in [0, 0.1) is 0 Å². The Bertz CT molecular complexity index is 765. The highest BCUT2D eigenvalue weighted by Gasteiger charge is 2.30. The van der Waals surface area contributed by atoms with Crippen molar-refractivity contribution < 1.29 is 22.7 Å². The molecule has 0 aliphatic carbocycles. The molecule has 1 atom stereocenters. The van der Waals surface area contributed by atoms with Crippen LogP contribution in [0.5, 0.6) is 5.75 Å². The van der Waals surface area contributed by atoms with Gasteiger partial charge in [-0.2, -0.15) is 0 Å². The molecular formula is C20H22ClF3N2O2. The third-order valence-corrected chi connectivity index (χ3v) is 4.41. The first-order valence-corrected chi connectivity index (χ1v) is 9.21. The first kappa shape index (κ1) is 22.0. The summed E-state index contributed by atoms with van der Waals surface area (Å²) in [5, 5.41) is 0. The van der Waals surface area contributed by atoms with Gasteiger partial charge in [0.05, 0.1) is 12.6 Å². The Hall–Kier alpha value is -2.25. The highest BCUT2D eigenvalue weighted by atomic mass is 35.5. The van der Waals surface area contributed by atoms with Crippen molar-refractivity contribution in [1.82, 2.24) is 4.42 Å². The van der Waals surface area contributed by atoms with Crippen LogP contribution in [0.15, 0.2) is 48.5 Å². The van der Waals surface area contributed by atoms with E-state index in [0.717, 1.165) is 34.0 Å². The zero-order chi connectivity index (χ0) is 20.7. The van der Waals surface area contributed by atoms with Crippen LogP contribution < -0.4 is 10.5 Å². The van der Waals surface area contributed by atoms with Crippen LogP contribution in [0.2, 0.25) is 0 Å². The molecule has 0 bridgehead atoms. The number of carbonyl (C=O) groups is 1. The number of halogens is 4. The molecule has 4 nitrogen and oxygen atoms in total. The van der Waals surface area contributed by atoms with Gasteiger partial charge in [0.15, 0.2) is 0 Å². The van der Waals surface area contributed by atoms with E-state index >= 15 is 0 Å². The van der Waals surface area contributed by atoms with Crippen molar-refractivity contribution in [2.45, 2.75) is 45.1 Å². The monoisotopic (exact) mass is 414 g/mol. The lowest BCUT2D eigenvalue weighted by Gasteiger charge is -2.18. The minimum atomic E-state index is -4.72. The second-order valence-electron chi connectivity index (χ2n) is 6.38. The molecule has 2 aromatic rings. The summed E-state index contributed by atoms with van der Waals surface area (Å²) in [6.45, 7) is 2.23. The van der Waals surface area contributed by atoms with Crippen molar-refractivity contribution >= 4 is 17.7 Å². The molecule has 0 radical (unpaired) electrons. The Morgan fingerprint density at radius 1 is 1.11 bits per heavy atom. The molecule has 0 spiro atoms. The molecule has 0 unspecified atom stereocenters. The number of benzene rings is 2. The Morgan fingerprint density at radius 3 is 2.14 bits per heavy atom. The molecule has 0 heterocycles. The van der Waals surface area contributed by atoms with Gasteiger partial charge in [-0.05, 0) is 35.2 Å². The second kappa shape index (κ2) is 9.80. The maximum absolute atomic E-state index is 12.2. The number of rotatable bonds is 8. The fraction of sp³-hybridized carbons (Fsp3) is 0.350. The van der Waals surface area contributed by atoms with Crippen LogP contribution in [0.3, 0.4) is 0 Å². The maximum atomic E-state index is 12.2. The van der Waals surface area contributed by atoms with Gasteiger partial charge in [0.25, 0.3) is 5.91 Å². The maximum Gasteiger partial charge on any atom is 0.573 e. The summed E-state index contributed by atoms with van der Waals surface area (Å²) >= 11 is 6.06. The number of unbranched alkanes of at least 4 members (excludes halogenated alkanes) is 1. The largest absolute Gasteiger partial charge is 0.573 e. The molecule has 0 aromatic heterocycles. The molecule has 0 aliphatic rings. The van der Waals surface area contributed by atoms with E-state index < -0.39 is 12.4 Å². The van der Waals surface area contributed by atoms with E-state index in [9.17, 15) is 18.0 Å². The van der Waals surface area contributed by atoms with Gasteiger partial charge in [-0.25, -0.2) is 4.42 Å². The first-order chi connectivity index (χ1) is 13.2. The van der Waals surface area contributed by atoms with E-state index in [4.69, 9.17) is 17.5 Å². The van der Waals surface area contributed by atoms with Crippen molar-refractivity contribution in [2.24, 2.45) is 5.73 Å². The lowest BCUT2D eigenvalue weighted by Crippen LogP contribution is -2.38. The number of nitrogens with zero attached hydrogens (tertiary/aromatic N) is 1. The van der Waals surface area contributed by atoms with Gasteiger partial charge in [0.1, 0.15) is 5.75 Å². The Morgan fingerprint density at radius 2 is 1.64 bits per heavy atom. The minimum absolute atomic E-state index is 0.207.